The van der Waals surface area contributed by atoms with Crippen molar-refractivity contribution in [2.45, 2.75) is 37.6 Å². The van der Waals surface area contributed by atoms with Crippen molar-refractivity contribution in [3.63, 3.8) is 0 Å². The van der Waals surface area contributed by atoms with Crippen molar-refractivity contribution in [1.82, 2.24) is 5.32 Å². The van der Waals surface area contributed by atoms with Crippen LogP contribution in [0.1, 0.15) is 36.5 Å². The smallest absolute Gasteiger partial charge is 0.373 e. The molecular weight excluding hydrogens is 267 g/mol. The zero-order valence-electron chi connectivity index (χ0n) is 11.1. The first kappa shape index (κ1) is 13.9. The van der Waals surface area contributed by atoms with E-state index in [-0.39, 0.29) is 12.0 Å². The van der Waals surface area contributed by atoms with Gasteiger partial charge in [-0.15, -0.1) is 0 Å². The van der Waals surface area contributed by atoms with Gasteiger partial charge in [0.1, 0.15) is 0 Å². The maximum Gasteiger partial charge on any atom is 0.416 e. The minimum Gasteiger partial charge on any atom is -0.373 e. The fourth-order valence-electron chi connectivity index (χ4n) is 2.71. The van der Waals surface area contributed by atoms with Gasteiger partial charge in [-0.1, -0.05) is 12.1 Å². The van der Waals surface area contributed by atoms with E-state index < -0.39 is 11.7 Å². The summed E-state index contributed by atoms with van der Waals surface area (Å²) in [6.45, 7) is 1.45. The van der Waals surface area contributed by atoms with E-state index >= 15 is 0 Å². The summed E-state index contributed by atoms with van der Waals surface area (Å²) in [4.78, 5) is 0. The molecule has 0 radical (unpaired) electrons. The minimum absolute atomic E-state index is 0.219. The topological polar surface area (TPSA) is 21.3 Å². The van der Waals surface area contributed by atoms with E-state index in [0.29, 0.717) is 18.2 Å². The molecule has 1 saturated carbocycles. The summed E-state index contributed by atoms with van der Waals surface area (Å²) in [6.07, 6.45) is -1.19. The molecule has 1 saturated heterocycles. The Morgan fingerprint density at radius 1 is 1.20 bits per heavy atom. The lowest BCUT2D eigenvalue weighted by Gasteiger charge is -2.20. The highest BCUT2D eigenvalue weighted by atomic mass is 19.4. The van der Waals surface area contributed by atoms with Crippen molar-refractivity contribution in [2.75, 3.05) is 13.2 Å². The van der Waals surface area contributed by atoms with E-state index in [4.69, 9.17) is 4.74 Å². The maximum absolute atomic E-state index is 12.8. The van der Waals surface area contributed by atoms with Gasteiger partial charge in [-0.05, 0) is 37.0 Å². The van der Waals surface area contributed by atoms with Gasteiger partial charge in [0.15, 0.2) is 0 Å². The van der Waals surface area contributed by atoms with E-state index in [2.05, 4.69) is 5.32 Å². The molecule has 1 N–H and O–H groups in total. The van der Waals surface area contributed by atoms with Crippen molar-refractivity contribution in [2.24, 2.45) is 5.92 Å². The van der Waals surface area contributed by atoms with Crippen LogP contribution in [0.4, 0.5) is 13.2 Å². The number of hydrogen-bond acceptors (Lipinski definition) is 2. The molecule has 2 aliphatic rings. The number of ether oxygens (including phenoxy) is 1. The van der Waals surface area contributed by atoms with Crippen LogP contribution in [0.25, 0.3) is 0 Å². The van der Waals surface area contributed by atoms with E-state index in [1.807, 2.05) is 0 Å². The third kappa shape index (κ3) is 3.15. The molecular formula is C15H18F3NO. The van der Waals surface area contributed by atoms with Crippen molar-refractivity contribution >= 4 is 0 Å². The van der Waals surface area contributed by atoms with Crippen molar-refractivity contribution in [3.8, 4) is 0 Å². The Labute approximate surface area is 116 Å². The average molecular weight is 285 g/mol. The second-order valence-corrected chi connectivity index (χ2v) is 5.65. The zero-order valence-corrected chi connectivity index (χ0v) is 11.1. The van der Waals surface area contributed by atoms with Gasteiger partial charge in [0.2, 0.25) is 0 Å². The summed E-state index contributed by atoms with van der Waals surface area (Å²) in [5.41, 5.74) is 0.0410. The highest BCUT2D eigenvalue weighted by Gasteiger charge is 2.34. The van der Waals surface area contributed by atoms with Gasteiger partial charge >= 0.3 is 6.18 Å². The molecule has 2 atom stereocenters. The van der Waals surface area contributed by atoms with Crippen LogP contribution in [-0.2, 0) is 10.9 Å². The molecule has 0 amide bonds. The molecule has 1 aromatic carbocycles. The third-order valence-electron chi connectivity index (χ3n) is 4.00. The first-order chi connectivity index (χ1) is 9.54. The van der Waals surface area contributed by atoms with Crippen LogP contribution in [0.2, 0.25) is 0 Å². The largest absolute Gasteiger partial charge is 0.416 e. The molecule has 1 aliphatic heterocycles. The van der Waals surface area contributed by atoms with Crippen LogP contribution in [0.5, 0.6) is 0 Å². The number of halogens is 3. The SMILES string of the molecule is FC(F)(F)c1cccc(C2OCCC2CNC2CC2)c1. The van der Waals surface area contributed by atoms with Gasteiger partial charge in [0, 0.05) is 25.1 Å². The standard InChI is InChI=1S/C15H18F3NO/c16-15(17,18)12-3-1-2-10(8-12)14-11(6-7-20-14)9-19-13-4-5-13/h1-3,8,11,13-14,19H,4-7,9H2. The molecule has 0 bridgehead atoms. The van der Waals surface area contributed by atoms with Gasteiger partial charge in [-0.2, -0.15) is 13.2 Å². The van der Waals surface area contributed by atoms with Gasteiger partial charge < -0.3 is 10.1 Å². The maximum atomic E-state index is 12.8. The Balaban J connectivity index is 1.73. The number of benzene rings is 1. The van der Waals surface area contributed by atoms with E-state index in [1.54, 1.807) is 6.07 Å². The molecule has 2 nitrogen and oxygen atoms in total. The van der Waals surface area contributed by atoms with Crippen LogP contribution in [-0.4, -0.2) is 19.2 Å². The average Bonchev–Trinajstić information content (AvgIpc) is 3.12. The molecule has 2 unspecified atom stereocenters. The van der Waals surface area contributed by atoms with Crippen LogP contribution in [0.3, 0.4) is 0 Å². The molecule has 2 fully saturated rings. The zero-order chi connectivity index (χ0) is 14.2. The lowest BCUT2D eigenvalue weighted by Crippen LogP contribution is -2.26. The van der Waals surface area contributed by atoms with Crippen LogP contribution >= 0.6 is 0 Å². The van der Waals surface area contributed by atoms with Crippen molar-refractivity contribution in [3.05, 3.63) is 35.4 Å². The number of nitrogens with one attached hydrogen (secondary N) is 1. The Morgan fingerprint density at radius 2 is 2.00 bits per heavy atom. The van der Waals surface area contributed by atoms with E-state index in [0.717, 1.165) is 19.0 Å². The summed E-state index contributed by atoms with van der Waals surface area (Å²) in [6, 6.07) is 6.13. The number of alkyl halides is 3. The Bertz CT molecular complexity index is 470. The molecule has 3 rings (SSSR count). The normalized spacial score (nSPS) is 26.9. The van der Waals surface area contributed by atoms with Crippen LogP contribution in [0, 0.1) is 5.92 Å². The molecule has 5 heteroatoms. The van der Waals surface area contributed by atoms with Crippen LogP contribution in [0.15, 0.2) is 24.3 Å². The Hall–Kier alpha value is -1.07. The molecule has 0 aromatic heterocycles. The summed E-state index contributed by atoms with van der Waals surface area (Å²) in [5.74, 6) is 0.263. The van der Waals surface area contributed by atoms with Crippen molar-refractivity contribution < 1.29 is 17.9 Å². The summed E-state index contributed by atoms with van der Waals surface area (Å²) < 4.78 is 43.9. The monoisotopic (exact) mass is 285 g/mol. The second-order valence-electron chi connectivity index (χ2n) is 5.65. The highest BCUT2D eigenvalue weighted by molar-refractivity contribution is 5.28. The predicted octanol–water partition coefficient (Wildman–Crippen LogP) is 3.54. The molecule has 1 aliphatic carbocycles. The minimum atomic E-state index is -4.30. The molecule has 1 heterocycles. The van der Waals surface area contributed by atoms with Gasteiger partial charge in [-0.3, -0.25) is 0 Å². The summed E-state index contributed by atoms with van der Waals surface area (Å²) >= 11 is 0. The molecule has 0 spiro atoms. The third-order valence-corrected chi connectivity index (χ3v) is 4.00. The van der Waals surface area contributed by atoms with Crippen molar-refractivity contribution in [1.29, 1.82) is 0 Å². The van der Waals surface area contributed by atoms with E-state index in [9.17, 15) is 13.2 Å². The second kappa shape index (κ2) is 5.37. The van der Waals surface area contributed by atoms with Crippen LogP contribution < -0.4 is 5.32 Å². The molecule has 1 aromatic rings. The quantitative estimate of drug-likeness (QED) is 0.913. The first-order valence-corrected chi connectivity index (χ1v) is 7.06. The van der Waals surface area contributed by atoms with Gasteiger partial charge in [0.05, 0.1) is 11.7 Å². The number of rotatable bonds is 4. The first-order valence-electron chi connectivity index (χ1n) is 7.06. The summed E-state index contributed by atoms with van der Waals surface area (Å²) in [5, 5.41) is 3.44. The van der Waals surface area contributed by atoms with Gasteiger partial charge in [0.25, 0.3) is 0 Å². The highest BCUT2D eigenvalue weighted by Crippen LogP contribution is 2.37. The lowest BCUT2D eigenvalue weighted by molar-refractivity contribution is -0.137. The van der Waals surface area contributed by atoms with E-state index in [1.165, 1.54) is 25.0 Å². The predicted molar refractivity (Wildman–Crippen MR) is 69.3 cm³/mol. The fourth-order valence-corrected chi connectivity index (χ4v) is 2.71. The number of hydrogen-bond donors (Lipinski definition) is 1. The Kier molecular flexibility index (Phi) is 3.73. The lowest BCUT2D eigenvalue weighted by atomic mass is 9.94. The molecule has 110 valence electrons. The molecule has 20 heavy (non-hydrogen) atoms. The fraction of sp³-hybridized carbons (Fsp3) is 0.600. The van der Waals surface area contributed by atoms with Gasteiger partial charge in [-0.25, -0.2) is 0 Å². The Morgan fingerprint density at radius 3 is 2.70 bits per heavy atom. The summed E-state index contributed by atoms with van der Waals surface area (Å²) in [7, 11) is 0.